The number of ketones is 1. The van der Waals surface area contributed by atoms with Gasteiger partial charge in [-0.2, -0.15) is 0 Å². The number of aryl methyl sites for hydroxylation is 1. The molecule has 0 atom stereocenters. The molecule has 0 saturated heterocycles. The predicted molar refractivity (Wildman–Crippen MR) is 91.5 cm³/mol. The van der Waals surface area contributed by atoms with Crippen molar-refractivity contribution in [2.24, 2.45) is 0 Å². The fourth-order valence-electron chi connectivity index (χ4n) is 1.85. The first-order valence-corrected chi connectivity index (χ1v) is 7.95. The maximum atomic E-state index is 11.8. The minimum Gasteiger partial charge on any atom is -0.484 e. The standard InChI is InChI=1S/C17H17BrN2O3/c1-12(21)2-3-13-4-7-15(8-5-13)23-11-17(22)20-16-9-6-14(18)10-19-16/h4-10H,2-3,11H2,1H3,(H,19,20,22). The number of carbonyl (C=O) groups excluding carboxylic acids is 2. The van der Waals surface area contributed by atoms with Gasteiger partial charge in [-0.3, -0.25) is 4.79 Å². The minimum absolute atomic E-state index is 0.0927. The molecule has 23 heavy (non-hydrogen) atoms. The number of pyridine rings is 1. The zero-order valence-corrected chi connectivity index (χ0v) is 14.3. The number of nitrogens with zero attached hydrogens (tertiary/aromatic N) is 1. The Balaban J connectivity index is 1.79. The average molecular weight is 377 g/mol. The summed E-state index contributed by atoms with van der Waals surface area (Å²) in [6.45, 7) is 1.49. The highest BCUT2D eigenvalue weighted by Gasteiger charge is 2.05. The number of amides is 1. The lowest BCUT2D eigenvalue weighted by molar-refractivity contribution is -0.118. The Morgan fingerprint density at radius 2 is 1.91 bits per heavy atom. The van der Waals surface area contributed by atoms with Gasteiger partial charge >= 0.3 is 0 Å². The van der Waals surface area contributed by atoms with Crippen molar-refractivity contribution in [3.63, 3.8) is 0 Å². The second kappa shape index (κ2) is 8.43. The van der Waals surface area contributed by atoms with E-state index in [2.05, 4.69) is 26.2 Å². The molecule has 0 spiro atoms. The van der Waals surface area contributed by atoms with E-state index in [0.29, 0.717) is 24.4 Å². The predicted octanol–water partition coefficient (Wildman–Crippen LogP) is 3.38. The van der Waals surface area contributed by atoms with Crippen molar-refractivity contribution >= 4 is 33.4 Å². The normalized spacial score (nSPS) is 10.2. The number of Topliss-reactive ketones (excluding diaryl/α,β-unsaturated/α-hetero) is 1. The van der Waals surface area contributed by atoms with Gasteiger partial charge in [0.05, 0.1) is 0 Å². The Kier molecular flexibility index (Phi) is 6.29. The Hall–Kier alpha value is -2.21. The molecule has 1 aromatic heterocycles. The van der Waals surface area contributed by atoms with E-state index in [1.807, 2.05) is 12.1 Å². The topological polar surface area (TPSA) is 68.3 Å². The van der Waals surface area contributed by atoms with Crippen molar-refractivity contribution in [1.29, 1.82) is 0 Å². The van der Waals surface area contributed by atoms with Gasteiger partial charge in [-0.25, -0.2) is 4.98 Å². The third-order valence-corrected chi connectivity index (χ3v) is 3.52. The van der Waals surface area contributed by atoms with Crippen LogP contribution < -0.4 is 10.1 Å². The number of aromatic nitrogens is 1. The van der Waals surface area contributed by atoms with Crippen LogP contribution in [-0.4, -0.2) is 23.3 Å². The number of halogens is 1. The van der Waals surface area contributed by atoms with Crippen molar-refractivity contribution in [1.82, 2.24) is 4.98 Å². The molecule has 120 valence electrons. The van der Waals surface area contributed by atoms with Crippen LogP contribution in [0.5, 0.6) is 5.75 Å². The minimum atomic E-state index is -0.277. The number of hydrogen-bond donors (Lipinski definition) is 1. The van der Waals surface area contributed by atoms with E-state index in [0.717, 1.165) is 10.0 Å². The summed E-state index contributed by atoms with van der Waals surface area (Å²) in [5.74, 6) is 0.973. The largest absolute Gasteiger partial charge is 0.484 e. The number of hydrogen-bond acceptors (Lipinski definition) is 4. The van der Waals surface area contributed by atoms with Crippen LogP contribution in [0.15, 0.2) is 47.1 Å². The Bertz CT molecular complexity index is 669. The smallest absolute Gasteiger partial charge is 0.263 e. The third kappa shape index (κ3) is 6.20. The van der Waals surface area contributed by atoms with Gasteiger partial charge in [-0.05, 0) is 59.1 Å². The zero-order valence-electron chi connectivity index (χ0n) is 12.7. The highest BCUT2D eigenvalue weighted by Crippen LogP contribution is 2.14. The van der Waals surface area contributed by atoms with Crippen molar-refractivity contribution in [2.45, 2.75) is 19.8 Å². The molecule has 2 rings (SSSR count). The maximum absolute atomic E-state index is 11.8. The second-order valence-corrected chi connectivity index (χ2v) is 5.96. The van der Waals surface area contributed by atoms with E-state index in [-0.39, 0.29) is 18.3 Å². The van der Waals surface area contributed by atoms with Crippen LogP contribution in [0.2, 0.25) is 0 Å². The summed E-state index contributed by atoms with van der Waals surface area (Å²) in [5, 5.41) is 2.65. The Labute approximate surface area is 143 Å². The molecular formula is C17H17BrN2O3. The number of ether oxygens (including phenoxy) is 1. The molecule has 1 N–H and O–H groups in total. The van der Waals surface area contributed by atoms with Crippen molar-refractivity contribution in [3.05, 3.63) is 52.6 Å². The molecule has 5 nitrogen and oxygen atoms in total. The van der Waals surface area contributed by atoms with Crippen LogP contribution in [0.25, 0.3) is 0 Å². The van der Waals surface area contributed by atoms with E-state index in [4.69, 9.17) is 4.74 Å². The molecule has 0 unspecified atom stereocenters. The first-order chi connectivity index (χ1) is 11.0. The number of benzene rings is 1. The summed E-state index contributed by atoms with van der Waals surface area (Å²) in [7, 11) is 0. The van der Waals surface area contributed by atoms with Crippen molar-refractivity contribution in [3.8, 4) is 5.75 Å². The van der Waals surface area contributed by atoms with Crippen LogP contribution in [0, 0.1) is 0 Å². The number of rotatable bonds is 7. The zero-order chi connectivity index (χ0) is 16.7. The summed E-state index contributed by atoms with van der Waals surface area (Å²) < 4.78 is 6.27. The molecule has 6 heteroatoms. The summed E-state index contributed by atoms with van der Waals surface area (Å²) in [4.78, 5) is 26.8. The molecule has 1 amide bonds. The van der Waals surface area contributed by atoms with Crippen LogP contribution in [0.1, 0.15) is 18.9 Å². The van der Waals surface area contributed by atoms with Gasteiger partial charge in [-0.1, -0.05) is 12.1 Å². The van der Waals surface area contributed by atoms with E-state index in [1.165, 1.54) is 0 Å². The quantitative estimate of drug-likeness (QED) is 0.803. The van der Waals surface area contributed by atoms with Gasteiger partial charge in [0.15, 0.2) is 6.61 Å². The molecule has 0 saturated carbocycles. The van der Waals surface area contributed by atoms with Gasteiger partial charge in [0.1, 0.15) is 17.4 Å². The number of anilines is 1. The molecule has 0 bridgehead atoms. The van der Waals surface area contributed by atoms with Gasteiger partial charge in [-0.15, -0.1) is 0 Å². The van der Waals surface area contributed by atoms with Crippen LogP contribution >= 0.6 is 15.9 Å². The first kappa shape index (κ1) is 17.1. The first-order valence-electron chi connectivity index (χ1n) is 7.15. The maximum Gasteiger partial charge on any atom is 0.263 e. The Morgan fingerprint density at radius 3 is 2.52 bits per heavy atom. The number of carbonyl (C=O) groups is 2. The fourth-order valence-corrected chi connectivity index (χ4v) is 2.08. The molecule has 1 aromatic carbocycles. The molecule has 2 aromatic rings. The van der Waals surface area contributed by atoms with E-state index in [9.17, 15) is 9.59 Å². The molecule has 0 radical (unpaired) electrons. The van der Waals surface area contributed by atoms with Crippen molar-refractivity contribution in [2.75, 3.05) is 11.9 Å². The van der Waals surface area contributed by atoms with Crippen LogP contribution in [0.3, 0.4) is 0 Å². The monoisotopic (exact) mass is 376 g/mol. The fraction of sp³-hybridized carbons (Fsp3) is 0.235. The van der Waals surface area contributed by atoms with Gasteiger partial charge < -0.3 is 14.8 Å². The lowest BCUT2D eigenvalue weighted by atomic mass is 10.1. The van der Waals surface area contributed by atoms with Gasteiger partial charge in [0.25, 0.3) is 5.91 Å². The molecular weight excluding hydrogens is 360 g/mol. The Morgan fingerprint density at radius 1 is 1.17 bits per heavy atom. The molecule has 0 aliphatic carbocycles. The lowest BCUT2D eigenvalue weighted by Gasteiger charge is -2.08. The second-order valence-electron chi connectivity index (χ2n) is 5.04. The molecule has 0 aliphatic heterocycles. The van der Waals surface area contributed by atoms with Gasteiger partial charge in [0.2, 0.25) is 0 Å². The van der Waals surface area contributed by atoms with Crippen molar-refractivity contribution < 1.29 is 14.3 Å². The van der Waals surface area contributed by atoms with Gasteiger partial charge in [0, 0.05) is 17.1 Å². The summed E-state index contributed by atoms with van der Waals surface area (Å²) in [6.07, 6.45) is 2.85. The van der Waals surface area contributed by atoms with Crippen LogP contribution in [0.4, 0.5) is 5.82 Å². The van der Waals surface area contributed by atoms with E-state index < -0.39 is 0 Å². The van der Waals surface area contributed by atoms with E-state index in [1.54, 1.807) is 37.4 Å². The highest BCUT2D eigenvalue weighted by atomic mass is 79.9. The summed E-state index contributed by atoms with van der Waals surface area (Å²) >= 11 is 3.28. The average Bonchev–Trinajstić information content (AvgIpc) is 2.54. The van der Waals surface area contributed by atoms with Crippen LogP contribution in [-0.2, 0) is 16.0 Å². The molecule has 1 heterocycles. The molecule has 0 fully saturated rings. The van der Waals surface area contributed by atoms with E-state index >= 15 is 0 Å². The number of nitrogens with one attached hydrogen (secondary N) is 1. The lowest BCUT2D eigenvalue weighted by Crippen LogP contribution is -2.20. The summed E-state index contributed by atoms with van der Waals surface area (Å²) in [6, 6.07) is 10.9. The highest BCUT2D eigenvalue weighted by molar-refractivity contribution is 9.10. The summed E-state index contributed by atoms with van der Waals surface area (Å²) in [5.41, 5.74) is 1.07. The molecule has 0 aliphatic rings. The third-order valence-electron chi connectivity index (χ3n) is 3.05. The SMILES string of the molecule is CC(=O)CCc1ccc(OCC(=O)Nc2ccc(Br)cn2)cc1.